The highest BCUT2D eigenvalue weighted by Gasteiger charge is 2.14. The van der Waals surface area contributed by atoms with Gasteiger partial charge < -0.3 is 24.5 Å². The number of carbonyl (C=O) groups is 3. The van der Waals surface area contributed by atoms with Crippen LogP contribution in [0, 0.1) is 0 Å². The second kappa shape index (κ2) is 9.79. The molecule has 2 amide bonds. The highest BCUT2D eigenvalue weighted by molar-refractivity contribution is 7.99. The largest absolute Gasteiger partial charge is 0.495 e. The van der Waals surface area contributed by atoms with E-state index in [1.807, 2.05) is 12.1 Å². The van der Waals surface area contributed by atoms with Crippen LogP contribution in [0.4, 0.5) is 11.4 Å². The summed E-state index contributed by atoms with van der Waals surface area (Å²) in [5, 5.41) is 5.55. The Morgan fingerprint density at radius 1 is 1.13 bits per heavy atom. The summed E-state index contributed by atoms with van der Waals surface area (Å²) in [5.41, 5.74) is 2.15. The van der Waals surface area contributed by atoms with Crippen molar-refractivity contribution in [3.05, 3.63) is 42.5 Å². The second-order valence-corrected chi connectivity index (χ2v) is 6.97. The molecule has 0 saturated carbocycles. The van der Waals surface area contributed by atoms with Gasteiger partial charge in [-0.2, -0.15) is 0 Å². The summed E-state index contributed by atoms with van der Waals surface area (Å²) >= 11 is 1.08. The number of anilines is 2. The first kappa shape index (κ1) is 21.2. The van der Waals surface area contributed by atoms with Crippen LogP contribution in [0.3, 0.4) is 0 Å². The lowest BCUT2D eigenvalue weighted by molar-refractivity contribution is -0.144. The van der Waals surface area contributed by atoms with E-state index in [1.54, 1.807) is 30.3 Å². The third-order valence-electron chi connectivity index (χ3n) is 3.75. The number of hydrogen-bond donors (Lipinski definition) is 2. The fourth-order valence-electron chi connectivity index (χ4n) is 2.49. The first-order valence-electron chi connectivity index (χ1n) is 8.84. The molecule has 156 valence electrons. The Morgan fingerprint density at radius 2 is 1.93 bits per heavy atom. The van der Waals surface area contributed by atoms with Gasteiger partial charge in [-0.3, -0.25) is 14.4 Å². The van der Waals surface area contributed by atoms with E-state index in [2.05, 4.69) is 15.6 Å². The topological polar surface area (TPSA) is 120 Å². The number of rotatable bonds is 8. The van der Waals surface area contributed by atoms with E-state index in [1.165, 1.54) is 14.0 Å². The van der Waals surface area contributed by atoms with Gasteiger partial charge in [0.1, 0.15) is 17.0 Å². The van der Waals surface area contributed by atoms with Gasteiger partial charge in [0.25, 0.3) is 11.1 Å². The number of ether oxygens (including phenoxy) is 2. The van der Waals surface area contributed by atoms with Crippen LogP contribution in [0.1, 0.15) is 6.92 Å². The Bertz CT molecular complexity index is 1050. The minimum absolute atomic E-state index is 0.0541. The van der Waals surface area contributed by atoms with Crippen LogP contribution in [0.2, 0.25) is 0 Å². The third kappa shape index (κ3) is 5.74. The molecule has 0 aliphatic heterocycles. The predicted molar refractivity (Wildman–Crippen MR) is 112 cm³/mol. The zero-order valence-electron chi connectivity index (χ0n) is 16.3. The van der Waals surface area contributed by atoms with Crippen molar-refractivity contribution >= 4 is 52.0 Å². The van der Waals surface area contributed by atoms with Crippen LogP contribution >= 0.6 is 11.8 Å². The molecule has 9 nitrogen and oxygen atoms in total. The SMILES string of the molecule is COc1ccc(NC(C)=O)cc1NC(=O)COC(=O)CSc1nc2ccccc2o1. The van der Waals surface area contributed by atoms with Crippen LogP contribution in [0.15, 0.2) is 52.1 Å². The minimum Gasteiger partial charge on any atom is -0.495 e. The van der Waals surface area contributed by atoms with E-state index in [9.17, 15) is 14.4 Å². The van der Waals surface area contributed by atoms with Crippen LogP contribution in [0.25, 0.3) is 11.1 Å². The standard InChI is InChI=1S/C20H19N3O6S/c1-12(24)21-13-7-8-16(27-2)15(9-13)22-18(25)10-28-19(26)11-30-20-23-14-5-3-4-6-17(14)29-20/h3-9H,10-11H2,1-2H3,(H,21,24)(H,22,25). The first-order chi connectivity index (χ1) is 14.4. The zero-order valence-corrected chi connectivity index (χ0v) is 17.1. The Hall–Kier alpha value is -3.53. The number of aromatic nitrogens is 1. The number of benzene rings is 2. The van der Waals surface area contributed by atoms with E-state index in [4.69, 9.17) is 13.9 Å². The molecule has 2 N–H and O–H groups in total. The van der Waals surface area contributed by atoms with Gasteiger partial charge in [-0.15, -0.1) is 0 Å². The average molecular weight is 429 g/mol. The molecule has 0 atom stereocenters. The quantitative estimate of drug-likeness (QED) is 0.414. The van der Waals surface area contributed by atoms with Crippen molar-refractivity contribution in [3.8, 4) is 5.75 Å². The number of methoxy groups -OCH3 is 1. The molecule has 0 fully saturated rings. The minimum atomic E-state index is -0.587. The molecule has 30 heavy (non-hydrogen) atoms. The Labute approximate surface area is 176 Å². The van der Waals surface area contributed by atoms with Gasteiger partial charge in [-0.1, -0.05) is 23.9 Å². The smallest absolute Gasteiger partial charge is 0.316 e. The highest BCUT2D eigenvalue weighted by Crippen LogP contribution is 2.28. The summed E-state index contributed by atoms with van der Waals surface area (Å²) in [4.78, 5) is 39.5. The Morgan fingerprint density at radius 3 is 2.67 bits per heavy atom. The van der Waals surface area contributed by atoms with Gasteiger partial charge in [0.15, 0.2) is 12.2 Å². The number of fused-ring (bicyclic) bond motifs is 1. The highest BCUT2D eigenvalue weighted by atomic mass is 32.2. The molecule has 3 rings (SSSR count). The van der Waals surface area contributed by atoms with E-state index in [0.717, 1.165) is 11.8 Å². The normalized spacial score (nSPS) is 10.5. The third-order valence-corrected chi connectivity index (χ3v) is 4.55. The molecule has 1 heterocycles. The van der Waals surface area contributed by atoms with E-state index >= 15 is 0 Å². The maximum Gasteiger partial charge on any atom is 0.316 e. The van der Waals surface area contributed by atoms with Crippen molar-refractivity contribution in [2.45, 2.75) is 12.1 Å². The van der Waals surface area contributed by atoms with Gasteiger partial charge in [0.05, 0.1) is 12.8 Å². The summed E-state index contributed by atoms with van der Waals surface area (Å²) in [6.07, 6.45) is 0. The lowest BCUT2D eigenvalue weighted by atomic mass is 10.2. The maximum atomic E-state index is 12.1. The van der Waals surface area contributed by atoms with E-state index in [0.29, 0.717) is 33.4 Å². The van der Waals surface area contributed by atoms with Crippen LogP contribution in [-0.4, -0.2) is 42.2 Å². The van der Waals surface area contributed by atoms with Crippen LogP contribution < -0.4 is 15.4 Å². The molecule has 0 bridgehead atoms. The first-order valence-corrected chi connectivity index (χ1v) is 9.82. The average Bonchev–Trinajstić information content (AvgIpc) is 3.13. The molecule has 0 aliphatic carbocycles. The van der Waals surface area contributed by atoms with Gasteiger partial charge in [0.2, 0.25) is 5.91 Å². The second-order valence-electron chi connectivity index (χ2n) is 6.04. The number of nitrogens with zero attached hydrogens (tertiary/aromatic N) is 1. The number of carbonyl (C=O) groups excluding carboxylic acids is 3. The monoisotopic (exact) mass is 429 g/mol. The molecular formula is C20H19N3O6S. The Kier molecular flexibility index (Phi) is 6.91. The summed E-state index contributed by atoms with van der Waals surface area (Å²) in [7, 11) is 1.45. The summed E-state index contributed by atoms with van der Waals surface area (Å²) in [6.45, 7) is 0.904. The Balaban J connectivity index is 1.50. The fourth-order valence-corrected chi connectivity index (χ4v) is 3.13. The van der Waals surface area contributed by atoms with E-state index in [-0.39, 0.29) is 11.7 Å². The predicted octanol–water partition coefficient (Wildman–Crippen LogP) is 3.07. The number of amides is 2. The summed E-state index contributed by atoms with van der Waals surface area (Å²) in [6, 6.07) is 12.0. The lowest BCUT2D eigenvalue weighted by Crippen LogP contribution is -2.22. The number of oxazole rings is 1. The molecular weight excluding hydrogens is 410 g/mol. The number of thioether (sulfide) groups is 1. The molecule has 0 saturated heterocycles. The molecule has 3 aromatic rings. The molecule has 0 radical (unpaired) electrons. The molecule has 0 spiro atoms. The van der Waals surface area contributed by atoms with Crippen molar-refractivity contribution in [1.29, 1.82) is 0 Å². The van der Waals surface area contributed by atoms with Crippen molar-refractivity contribution in [2.24, 2.45) is 0 Å². The van der Waals surface area contributed by atoms with Gasteiger partial charge in [-0.25, -0.2) is 4.98 Å². The van der Waals surface area contributed by atoms with Gasteiger partial charge >= 0.3 is 5.97 Å². The van der Waals surface area contributed by atoms with Crippen LogP contribution in [0.5, 0.6) is 5.75 Å². The zero-order chi connectivity index (χ0) is 21.5. The molecule has 1 aromatic heterocycles. The maximum absolute atomic E-state index is 12.1. The van der Waals surface area contributed by atoms with Gasteiger partial charge in [0, 0.05) is 12.6 Å². The fraction of sp³-hybridized carbons (Fsp3) is 0.200. The van der Waals surface area contributed by atoms with Crippen molar-refractivity contribution in [3.63, 3.8) is 0 Å². The van der Waals surface area contributed by atoms with E-state index < -0.39 is 18.5 Å². The number of esters is 1. The molecule has 0 aliphatic rings. The summed E-state index contributed by atoms with van der Waals surface area (Å²) in [5.74, 6) is -1.04. The lowest BCUT2D eigenvalue weighted by Gasteiger charge is -2.12. The van der Waals surface area contributed by atoms with Crippen molar-refractivity contribution in [1.82, 2.24) is 4.98 Å². The number of hydrogen-bond acceptors (Lipinski definition) is 8. The van der Waals surface area contributed by atoms with Gasteiger partial charge in [-0.05, 0) is 30.3 Å². The molecule has 2 aromatic carbocycles. The number of para-hydroxylation sites is 2. The molecule has 10 heteroatoms. The van der Waals surface area contributed by atoms with Crippen LogP contribution in [-0.2, 0) is 19.1 Å². The summed E-state index contributed by atoms with van der Waals surface area (Å²) < 4.78 is 15.7. The van der Waals surface area contributed by atoms with Crippen molar-refractivity contribution < 1.29 is 28.3 Å². The van der Waals surface area contributed by atoms with Crippen molar-refractivity contribution in [2.75, 3.05) is 30.1 Å². The number of nitrogens with one attached hydrogen (secondary N) is 2. The molecule has 0 unspecified atom stereocenters.